The molecule has 0 unspecified atom stereocenters. The maximum absolute atomic E-state index is 5.45. The van der Waals surface area contributed by atoms with E-state index in [-0.39, 0.29) is 0 Å². The fourth-order valence-electron chi connectivity index (χ4n) is 8.42. The number of aromatic nitrogens is 7. The monoisotopic (exact) mass is 679 g/mol. The number of rotatable bonds is 4. The van der Waals surface area contributed by atoms with Gasteiger partial charge in [0.25, 0.3) is 0 Å². The van der Waals surface area contributed by atoms with Crippen LogP contribution in [0, 0.1) is 0 Å². The second-order valence-electron chi connectivity index (χ2n) is 13.6. The second-order valence-corrected chi connectivity index (χ2v) is 13.6. The first kappa shape index (κ1) is 28.3. The molecule has 0 saturated heterocycles. The predicted molar refractivity (Wildman–Crippen MR) is 215 cm³/mol. The van der Waals surface area contributed by atoms with Crippen LogP contribution < -0.4 is 0 Å². The molecule has 0 saturated carbocycles. The van der Waals surface area contributed by atoms with Gasteiger partial charge in [0.15, 0.2) is 5.65 Å². The number of hydrogen-bond acceptors (Lipinski definition) is 2. The van der Waals surface area contributed by atoms with Crippen LogP contribution in [0.5, 0.6) is 0 Å². The Labute approximate surface area is 302 Å². The number of nitrogens with zero attached hydrogens (tertiary/aromatic N) is 7. The maximum atomic E-state index is 5.45. The highest BCUT2D eigenvalue weighted by Gasteiger charge is 2.24. The smallest absolute Gasteiger partial charge is 0.222 e. The summed E-state index contributed by atoms with van der Waals surface area (Å²) in [5.41, 5.74) is 15.2. The Morgan fingerprint density at radius 3 is 1.57 bits per heavy atom. The Morgan fingerprint density at radius 1 is 0.340 bits per heavy atom. The third kappa shape index (κ3) is 3.88. The fourth-order valence-corrected chi connectivity index (χ4v) is 8.42. The van der Waals surface area contributed by atoms with E-state index in [1.165, 1.54) is 5.39 Å². The molecule has 0 fully saturated rings. The van der Waals surface area contributed by atoms with Gasteiger partial charge in [0, 0.05) is 22.4 Å². The SMILES string of the molecule is c1ccc(-n2c3ccccc3c3c2nc2n(-c4ccccc4)c4cc(-c5ccc6c(c5)n5c7ccccc7nc5n6-c5ccccc5)ccc4n32)cc1. The Morgan fingerprint density at radius 2 is 0.868 bits per heavy atom. The Balaban J connectivity index is 1.14. The van der Waals surface area contributed by atoms with E-state index in [4.69, 9.17) is 9.97 Å². The van der Waals surface area contributed by atoms with Gasteiger partial charge in [-0.15, -0.1) is 0 Å². The zero-order valence-electron chi connectivity index (χ0n) is 28.4. The van der Waals surface area contributed by atoms with Crippen LogP contribution in [0.3, 0.4) is 0 Å². The van der Waals surface area contributed by atoms with Gasteiger partial charge in [-0.25, -0.2) is 4.98 Å². The first-order chi connectivity index (χ1) is 26.3. The molecule has 53 heavy (non-hydrogen) atoms. The van der Waals surface area contributed by atoms with E-state index < -0.39 is 0 Å². The molecule has 0 N–H and O–H groups in total. The van der Waals surface area contributed by atoms with Gasteiger partial charge < -0.3 is 0 Å². The number of para-hydroxylation sites is 6. The molecule has 0 bridgehead atoms. The van der Waals surface area contributed by atoms with Crippen LogP contribution in [-0.2, 0) is 0 Å². The standard InChI is InChI=1S/C46H29N7/c1-4-14-32(15-5-1)49-37-22-12-10-20-35(37)43-44(49)48-46-51(34-18-8-3-9-19-34)41-28-30(25-27-40(41)53(43)46)31-24-26-39-42(29-31)52-38-23-13-11-21-36(38)47-45(52)50(39)33-16-6-2-7-17-33/h1-29H. The van der Waals surface area contributed by atoms with E-state index in [9.17, 15) is 0 Å². The summed E-state index contributed by atoms with van der Waals surface area (Å²) >= 11 is 0. The van der Waals surface area contributed by atoms with E-state index >= 15 is 0 Å². The molecule has 0 amide bonds. The molecule has 0 atom stereocenters. The van der Waals surface area contributed by atoms with E-state index in [0.29, 0.717) is 0 Å². The van der Waals surface area contributed by atoms with E-state index in [1.54, 1.807) is 0 Å². The van der Waals surface area contributed by atoms with Gasteiger partial charge >= 0.3 is 0 Å². The van der Waals surface area contributed by atoms with Crippen molar-refractivity contribution in [1.82, 2.24) is 32.5 Å². The third-order valence-electron chi connectivity index (χ3n) is 10.7. The highest BCUT2D eigenvalue weighted by molar-refractivity contribution is 6.10. The molecule has 248 valence electrons. The Kier molecular flexibility index (Phi) is 5.65. The summed E-state index contributed by atoms with van der Waals surface area (Å²) in [6.07, 6.45) is 0. The van der Waals surface area contributed by atoms with Crippen molar-refractivity contribution in [2.75, 3.05) is 0 Å². The summed E-state index contributed by atoms with van der Waals surface area (Å²) < 4.78 is 11.5. The quantitative estimate of drug-likeness (QED) is 0.186. The minimum absolute atomic E-state index is 0.880. The lowest BCUT2D eigenvalue weighted by atomic mass is 10.0. The van der Waals surface area contributed by atoms with E-state index in [0.717, 1.165) is 89.5 Å². The van der Waals surface area contributed by atoms with Gasteiger partial charge in [-0.1, -0.05) is 97.1 Å². The van der Waals surface area contributed by atoms with Gasteiger partial charge in [0.2, 0.25) is 11.6 Å². The van der Waals surface area contributed by atoms with Crippen LogP contribution in [0.4, 0.5) is 0 Å². The molecule has 0 aliphatic carbocycles. The number of fused-ring (bicyclic) bond motifs is 12. The minimum atomic E-state index is 0.880. The molecule has 0 aliphatic heterocycles. The van der Waals surface area contributed by atoms with Gasteiger partial charge in [0.05, 0.1) is 38.6 Å². The molecule has 0 spiro atoms. The predicted octanol–water partition coefficient (Wildman–Crippen LogP) is 10.8. The molecule has 12 rings (SSSR count). The van der Waals surface area contributed by atoms with Crippen molar-refractivity contribution in [3.8, 4) is 28.2 Å². The summed E-state index contributed by atoms with van der Waals surface area (Å²) in [7, 11) is 0. The summed E-state index contributed by atoms with van der Waals surface area (Å²) in [5, 5.41) is 1.17. The number of hydrogen-bond donors (Lipinski definition) is 0. The highest BCUT2D eigenvalue weighted by atomic mass is 15.2. The van der Waals surface area contributed by atoms with Crippen molar-refractivity contribution in [2.24, 2.45) is 0 Å². The van der Waals surface area contributed by atoms with Crippen LogP contribution in [0.1, 0.15) is 0 Å². The lowest BCUT2D eigenvalue weighted by Gasteiger charge is -2.09. The van der Waals surface area contributed by atoms with Gasteiger partial charge in [0.1, 0.15) is 5.52 Å². The van der Waals surface area contributed by atoms with Crippen molar-refractivity contribution in [3.63, 3.8) is 0 Å². The molecule has 7 heteroatoms. The zero-order chi connectivity index (χ0) is 34.6. The first-order valence-electron chi connectivity index (χ1n) is 17.9. The molecule has 7 nitrogen and oxygen atoms in total. The van der Waals surface area contributed by atoms with Crippen molar-refractivity contribution in [1.29, 1.82) is 0 Å². The maximum Gasteiger partial charge on any atom is 0.222 e. The topological polar surface area (TPSA) is 49.4 Å². The van der Waals surface area contributed by atoms with Crippen LogP contribution in [0.15, 0.2) is 176 Å². The van der Waals surface area contributed by atoms with E-state index in [1.807, 2.05) is 0 Å². The Bertz CT molecular complexity index is 3380. The number of imidazole rings is 4. The van der Waals surface area contributed by atoms with Crippen LogP contribution >= 0.6 is 0 Å². The van der Waals surface area contributed by atoms with Gasteiger partial charge in [-0.2, -0.15) is 4.98 Å². The molecule has 0 aliphatic rings. The lowest BCUT2D eigenvalue weighted by Crippen LogP contribution is -1.97. The van der Waals surface area contributed by atoms with Crippen molar-refractivity contribution in [2.45, 2.75) is 0 Å². The average Bonchev–Trinajstić information content (AvgIpc) is 4.00. The fraction of sp³-hybridized carbons (Fsp3) is 0. The van der Waals surface area contributed by atoms with Crippen LogP contribution in [-0.4, -0.2) is 32.5 Å². The molecular formula is C46H29N7. The molecule has 7 aromatic carbocycles. The van der Waals surface area contributed by atoms with Gasteiger partial charge in [-0.3, -0.25) is 22.5 Å². The van der Waals surface area contributed by atoms with Crippen molar-refractivity contribution >= 4 is 66.7 Å². The summed E-state index contributed by atoms with van der Waals surface area (Å²) in [6, 6.07) is 62.2. The van der Waals surface area contributed by atoms with Crippen LogP contribution in [0.25, 0.3) is 94.9 Å². The zero-order valence-corrected chi connectivity index (χ0v) is 28.4. The first-order valence-corrected chi connectivity index (χ1v) is 17.9. The van der Waals surface area contributed by atoms with Crippen molar-refractivity contribution < 1.29 is 0 Å². The summed E-state index contributed by atoms with van der Waals surface area (Å²) in [4.78, 5) is 10.6. The minimum Gasteiger partial charge on any atom is -0.292 e. The van der Waals surface area contributed by atoms with Crippen molar-refractivity contribution in [3.05, 3.63) is 176 Å². The summed E-state index contributed by atoms with van der Waals surface area (Å²) in [6.45, 7) is 0. The van der Waals surface area contributed by atoms with Gasteiger partial charge in [-0.05, 0) is 90.0 Å². The molecule has 0 radical (unpaired) electrons. The molecule has 5 aromatic heterocycles. The largest absolute Gasteiger partial charge is 0.292 e. The Hall–Kier alpha value is -7.38. The molecular weight excluding hydrogens is 651 g/mol. The third-order valence-corrected chi connectivity index (χ3v) is 10.7. The molecule has 5 heterocycles. The number of benzene rings is 7. The second kappa shape index (κ2) is 10.6. The normalized spacial score (nSPS) is 12.2. The van der Waals surface area contributed by atoms with E-state index in [2.05, 4.69) is 198 Å². The highest BCUT2D eigenvalue weighted by Crippen LogP contribution is 2.39. The average molecular weight is 680 g/mol. The lowest BCUT2D eigenvalue weighted by molar-refractivity contribution is 1.09. The van der Waals surface area contributed by atoms with Crippen LogP contribution in [0.2, 0.25) is 0 Å². The summed E-state index contributed by atoms with van der Waals surface area (Å²) in [5.74, 6) is 1.78. The molecule has 12 aromatic rings.